The number of carbonyl (C=O) groups excluding carboxylic acids is 1. The highest BCUT2D eigenvalue weighted by atomic mass is 19.1. The van der Waals surface area contributed by atoms with Crippen LogP contribution in [-0.2, 0) is 16.2 Å². The van der Waals surface area contributed by atoms with Gasteiger partial charge < -0.3 is 0 Å². The molecule has 1 aliphatic carbocycles. The van der Waals surface area contributed by atoms with Crippen molar-refractivity contribution in [2.45, 2.75) is 44.7 Å². The quantitative estimate of drug-likeness (QED) is 0.591. The minimum Gasteiger partial charge on any atom is -0.272 e. The molecular formula is C24H23F2N5O2. The number of benzene rings is 1. The fourth-order valence-electron chi connectivity index (χ4n) is 4.90. The van der Waals surface area contributed by atoms with E-state index in [1.807, 2.05) is 10.9 Å². The largest absolute Gasteiger partial charge is 0.272 e. The van der Waals surface area contributed by atoms with Gasteiger partial charge in [0.1, 0.15) is 28.7 Å². The van der Waals surface area contributed by atoms with E-state index < -0.39 is 17.7 Å². The van der Waals surface area contributed by atoms with Crippen molar-refractivity contribution in [3.63, 3.8) is 0 Å². The topological polar surface area (TPSA) is 84.0 Å². The van der Waals surface area contributed by atoms with Gasteiger partial charge >= 0.3 is 0 Å². The van der Waals surface area contributed by atoms with Gasteiger partial charge in [-0.15, -0.1) is 0 Å². The van der Waals surface area contributed by atoms with E-state index in [4.69, 9.17) is 10.1 Å². The third-order valence-electron chi connectivity index (χ3n) is 6.57. The molecule has 33 heavy (non-hydrogen) atoms. The van der Waals surface area contributed by atoms with Crippen molar-refractivity contribution in [2.75, 3.05) is 6.61 Å². The third kappa shape index (κ3) is 4.44. The van der Waals surface area contributed by atoms with Crippen LogP contribution in [0.2, 0.25) is 0 Å². The first-order valence-electron chi connectivity index (χ1n) is 11.2. The van der Waals surface area contributed by atoms with Gasteiger partial charge in [-0.25, -0.2) is 13.8 Å². The summed E-state index contributed by atoms with van der Waals surface area (Å²) >= 11 is 0. The SMILES string of the molecule is N#Cc1cnc2cn(CC3CCC(C(=O)N4OCC[C@H]4c4cc(F)cc(F)c4)CC3)nc2c1. The molecule has 5 rings (SSSR count). The predicted octanol–water partition coefficient (Wildman–Crippen LogP) is 4.29. The fraction of sp³-hybridized carbons (Fsp3) is 0.417. The number of pyridine rings is 1. The van der Waals surface area contributed by atoms with Gasteiger partial charge in [0.05, 0.1) is 24.4 Å². The van der Waals surface area contributed by atoms with Crippen LogP contribution in [-0.4, -0.2) is 32.3 Å². The molecule has 1 amide bonds. The highest BCUT2D eigenvalue weighted by Gasteiger charge is 2.37. The Morgan fingerprint density at radius 3 is 2.58 bits per heavy atom. The highest BCUT2D eigenvalue weighted by molar-refractivity contribution is 5.78. The lowest BCUT2D eigenvalue weighted by molar-refractivity contribution is -0.183. The summed E-state index contributed by atoms with van der Waals surface area (Å²) in [6, 6.07) is 6.69. The fourth-order valence-corrected chi connectivity index (χ4v) is 4.90. The molecule has 1 atom stereocenters. The van der Waals surface area contributed by atoms with Crippen molar-refractivity contribution in [3.05, 3.63) is 59.4 Å². The molecule has 2 aliphatic rings. The van der Waals surface area contributed by atoms with E-state index in [-0.39, 0.29) is 11.8 Å². The van der Waals surface area contributed by atoms with E-state index in [2.05, 4.69) is 16.2 Å². The van der Waals surface area contributed by atoms with E-state index in [9.17, 15) is 13.6 Å². The van der Waals surface area contributed by atoms with Gasteiger partial charge in [0.25, 0.3) is 0 Å². The first kappa shape index (κ1) is 21.5. The molecule has 0 N–H and O–H groups in total. The van der Waals surface area contributed by atoms with Crippen molar-refractivity contribution in [2.24, 2.45) is 11.8 Å². The number of aromatic nitrogens is 3. The molecule has 1 aliphatic heterocycles. The molecule has 0 unspecified atom stereocenters. The van der Waals surface area contributed by atoms with Crippen molar-refractivity contribution >= 4 is 16.9 Å². The number of hydroxylamine groups is 2. The Bertz CT molecular complexity index is 1210. The number of nitriles is 1. The lowest BCUT2D eigenvalue weighted by Crippen LogP contribution is -2.37. The number of halogens is 2. The van der Waals surface area contributed by atoms with Crippen LogP contribution in [0.4, 0.5) is 8.78 Å². The van der Waals surface area contributed by atoms with Gasteiger partial charge in [-0.1, -0.05) is 0 Å². The van der Waals surface area contributed by atoms with Crippen LogP contribution in [0.5, 0.6) is 0 Å². The number of rotatable bonds is 4. The maximum absolute atomic E-state index is 13.7. The Morgan fingerprint density at radius 2 is 1.85 bits per heavy atom. The summed E-state index contributed by atoms with van der Waals surface area (Å²) in [4.78, 5) is 23.0. The summed E-state index contributed by atoms with van der Waals surface area (Å²) in [5, 5.41) is 14.9. The molecule has 0 bridgehead atoms. The molecular weight excluding hydrogens is 428 g/mol. The number of fused-ring (bicyclic) bond motifs is 1. The summed E-state index contributed by atoms with van der Waals surface area (Å²) in [7, 11) is 0. The Hall–Kier alpha value is -3.38. The standard InChI is InChI=1S/C24H23F2N5O2/c25-19-8-18(9-20(26)10-19)23-5-6-33-31(23)24(32)17-3-1-15(2-4-17)13-30-14-22-21(29-30)7-16(11-27)12-28-22/h7-10,12,14-15,17,23H,1-6,13H2/t15?,17?,23-/m0/s1. The molecule has 1 saturated carbocycles. The Morgan fingerprint density at radius 1 is 1.09 bits per heavy atom. The van der Waals surface area contributed by atoms with E-state index in [1.54, 1.807) is 6.07 Å². The van der Waals surface area contributed by atoms with Crippen LogP contribution in [0, 0.1) is 34.8 Å². The number of carbonyl (C=O) groups is 1. The second-order valence-corrected chi connectivity index (χ2v) is 8.81. The van der Waals surface area contributed by atoms with Crippen molar-refractivity contribution < 1.29 is 18.4 Å². The zero-order chi connectivity index (χ0) is 22.9. The zero-order valence-electron chi connectivity index (χ0n) is 18.0. The predicted molar refractivity (Wildman–Crippen MR) is 114 cm³/mol. The zero-order valence-corrected chi connectivity index (χ0v) is 18.0. The van der Waals surface area contributed by atoms with Crippen molar-refractivity contribution in [3.8, 4) is 6.07 Å². The second-order valence-electron chi connectivity index (χ2n) is 8.81. The minimum atomic E-state index is -0.657. The van der Waals surface area contributed by atoms with Gasteiger partial charge in [0.15, 0.2) is 0 Å². The molecule has 3 heterocycles. The van der Waals surface area contributed by atoms with Crippen LogP contribution in [0.1, 0.15) is 49.3 Å². The molecule has 7 nitrogen and oxygen atoms in total. The Kier molecular flexibility index (Phi) is 5.77. The van der Waals surface area contributed by atoms with Gasteiger partial charge in [-0.05, 0) is 55.4 Å². The first-order valence-corrected chi connectivity index (χ1v) is 11.2. The van der Waals surface area contributed by atoms with Gasteiger partial charge in [0.2, 0.25) is 5.91 Å². The van der Waals surface area contributed by atoms with Crippen LogP contribution in [0.3, 0.4) is 0 Å². The second kappa shape index (κ2) is 8.87. The summed E-state index contributed by atoms with van der Waals surface area (Å²) in [5.41, 5.74) is 2.36. The van der Waals surface area contributed by atoms with Crippen molar-refractivity contribution in [1.82, 2.24) is 19.8 Å². The van der Waals surface area contributed by atoms with E-state index in [0.29, 0.717) is 35.6 Å². The van der Waals surface area contributed by atoms with E-state index in [1.165, 1.54) is 23.4 Å². The van der Waals surface area contributed by atoms with Crippen molar-refractivity contribution in [1.29, 1.82) is 5.26 Å². The van der Waals surface area contributed by atoms with Gasteiger partial charge in [-0.3, -0.25) is 19.3 Å². The van der Waals surface area contributed by atoms with E-state index >= 15 is 0 Å². The summed E-state index contributed by atoms with van der Waals surface area (Å²) < 4.78 is 29.2. The molecule has 0 spiro atoms. The Labute approximate surface area is 189 Å². The van der Waals surface area contributed by atoms with Crippen LogP contribution in [0.15, 0.2) is 36.7 Å². The third-order valence-corrected chi connectivity index (χ3v) is 6.57. The monoisotopic (exact) mass is 451 g/mol. The smallest absolute Gasteiger partial charge is 0.249 e. The lowest BCUT2D eigenvalue weighted by Gasteiger charge is -2.32. The molecule has 1 saturated heterocycles. The van der Waals surface area contributed by atoms with Crippen LogP contribution >= 0.6 is 0 Å². The minimum absolute atomic E-state index is 0.112. The molecule has 170 valence electrons. The van der Waals surface area contributed by atoms with Crippen LogP contribution in [0.25, 0.3) is 11.0 Å². The maximum Gasteiger partial charge on any atom is 0.249 e. The lowest BCUT2D eigenvalue weighted by atomic mass is 9.81. The first-order chi connectivity index (χ1) is 16.0. The van der Waals surface area contributed by atoms with E-state index in [0.717, 1.165) is 43.8 Å². The maximum atomic E-state index is 13.7. The normalized spacial score (nSPS) is 23.1. The van der Waals surface area contributed by atoms with Gasteiger partial charge in [0, 0.05) is 31.1 Å². The number of amides is 1. The molecule has 3 aromatic rings. The number of nitrogens with zero attached hydrogens (tertiary/aromatic N) is 5. The van der Waals surface area contributed by atoms with Crippen LogP contribution < -0.4 is 0 Å². The summed E-state index contributed by atoms with van der Waals surface area (Å²) in [5.74, 6) is -1.22. The number of hydrogen-bond acceptors (Lipinski definition) is 5. The summed E-state index contributed by atoms with van der Waals surface area (Å²) in [6.07, 6.45) is 7.13. The Balaban J connectivity index is 1.21. The summed E-state index contributed by atoms with van der Waals surface area (Å²) in [6.45, 7) is 1.07. The molecule has 9 heteroatoms. The molecule has 2 aromatic heterocycles. The molecule has 1 aromatic carbocycles. The molecule has 2 fully saturated rings. The molecule has 0 radical (unpaired) electrons. The number of hydrogen-bond donors (Lipinski definition) is 0. The highest BCUT2D eigenvalue weighted by Crippen LogP contribution is 2.37. The average molecular weight is 451 g/mol. The van der Waals surface area contributed by atoms with Gasteiger partial charge in [-0.2, -0.15) is 10.4 Å². The average Bonchev–Trinajstić information content (AvgIpc) is 3.44.